The van der Waals surface area contributed by atoms with Gasteiger partial charge in [-0.1, -0.05) is 34.6 Å². The van der Waals surface area contributed by atoms with Crippen LogP contribution in [0, 0.1) is 5.92 Å². The Morgan fingerprint density at radius 1 is 1.11 bits per heavy atom. The van der Waals surface area contributed by atoms with Gasteiger partial charge in [-0.2, -0.15) is 0 Å². The van der Waals surface area contributed by atoms with Crippen LogP contribution in [0.3, 0.4) is 0 Å². The van der Waals surface area contributed by atoms with Gasteiger partial charge in [0.2, 0.25) is 0 Å². The Morgan fingerprint density at radius 2 is 1.78 bits per heavy atom. The maximum absolute atomic E-state index is 4.72. The minimum Gasteiger partial charge on any atom is -0.370 e. The highest BCUT2D eigenvalue weighted by Gasteiger charge is 2.14. The van der Waals surface area contributed by atoms with Gasteiger partial charge in [0.25, 0.3) is 0 Å². The van der Waals surface area contributed by atoms with Crippen molar-refractivity contribution in [3.05, 3.63) is 17.6 Å². The van der Waals surface area contributed by atoms with E-state index in [0.717, 1.165) is 30.3 Å². The SMILES string of the molecule is CCNc1cc(C(C)C)nc(C(C)CC(C)C)n1. The molecule has 0 radical (unpaired) electrons. The summed E-state index contributed by atoms with van der Waals surface area (Å²) in [5.41, 5.74) is 1.13. The van der Waals surface area contributed by atoms with Crippen molar-refractivity contribution in [2.75, 3.05) is 11.9 Å². The molecule has 3 heteroatoms. The molecule has 0 amide bonds. The minimum atomic E-state index is 0.418. The number of nitrogens with one attached hydrogen (secondary N) is 1. The van der Waals surface area contributed by atoms with Crippen LogP contribution >= 0.6 is 0 Å². The average Bonchev–Trinajstić information content (AvgIpc) is 2.28. The molecule has 0 spiro atoms. The van der Waals surface area contributed by atoms with Gasteiger partial charge in [-0.25, -0.2) is 9.97 Å². The number of anilines is 1. The first-order valence-corrected chi connectivity index (χ1v) is 7.06. The molecule has 1 aromatic heterocycles. The second-order valence-corrected chi connectivity index (χ2v) is 5.75. The summed E-state index contributed by atoms with van der Waals surface area (Å²) < 4.78 is 0. The van der Waals surface area contributed by atoms with E-state index in [-0.39, 0.29) is 0 Å². The summed E-state index contributed by atoms with van der Waals surface area (Å²) in [5.74, 6) is 3.47. The van der Waals surface area contributed by atoms with E-state index in [4.69, 9.17) is 4.98 Å². The summed E-state index contributed by atoms with van der Waals surface area (Å²) in [6.07, 6.45) is 1.13. The molecule has 0 fully saturated rings. The second-order valence-electron chi connectivity index (χ2n) is 5.75. The lowest BCUT2D eigenvalue weighted by molar-refractivity contribution is 0.505. The third-order valence-electron chi connectivity index (χ3n) is 2.98. The van der Waals surface area contributed by atoms with E-state index in [2.05, 4.69) is 57.9 Å². The van der Waals surface area contributed by atoms with E-state index in [1.165, 1.54) is 0 Å². The van der Waals surface area contributed by atoms with Crippen LogP contribution in [0.25, 0.3) is 0 Å². The lowest BCUT2D eigenvalue weighted by Crippen LogP contribution is -2.10. The molecule has 0 aliphatic carbocycles. The second kappa shape index (κ2) is 6.72. The fourth-order valence-electron chi connectivity index (χ4n) is 2.09. The maximum atomic E-state index is 4.72. The fourth-order valence-corrected chi connectivity index (χ4v) is 2.09. The Kier molecular flexibility index (Phi) is 5.57. The molecule has 0 aliphatic rings. The predicted octanol–water partition coefficient (Wildman–Crippen LogP) is 4.18. The van der Waals surface area contributed by atoms with Crippen LogP contribution in [0.15, 0.2) is 6.07 Å². The predicted molar refractivity (Wildman–Crippen MR) is 78.2 cm³/mol. The Labute approximate surface area is 111 Å². The van der Waals surface area contributed by atoms with Gasteiger partial charge in [-0.3, -0.25) is 0 Å². The van der Waals surface area contributed by atoms with E-state index in [0.29, 0.717) is 17.8 Å². The smallest absolute Gasteiger partial charge is 0.133 e. The quantitative estimate of drug-likeness (QED) is 0.821. The van der Waals surface area contributed by atoms with Crippen LogP contribution in [0.2, 0.25) is 0 Å². The number of hydrogen-bond donors (Lipinski definition) is 1. The Morgan fingerprint density at radius 3 is 2.28 bits per heavy atom. The van der Waals surface area contributed by atoms with Crippen molar-refractivity contribution >= 4 is 5.82 Å². The Balaban J connectivity index is 3.02. The summed E-state index contributed by atoms with van der Waals surface area (Å²) in [5, 5.41) is 3.30. The van der Waals surface area contributed by atoms with Crippen LogP contribution in [-0.2, 0) is 0 Å². The molecule has 102 valence electrons. The van der Waals surface area contributed by atoms with Crippen molar-refractivity contribution in [1.82, 2.24) is 9.97 Å². The Bertz CT molecular complexity index is 372. The van der Waals surface area contributed by atoms with Gasteiger partial charge >= 0.3 is 0 Å². The largest absolute Gasteiger partial charge is 0.370 e. The number of hydrogen-bond acceptors (Lipinski definition) is 3. The minimum absolute atomic E-state index is 0.418. The average molecular weight is 249 g/mol. The Hall–Kier alpha value is -1.12. The molecule has 0 aromatic carbocycles. The monoisotopic (exact) mass is 249 g/mol. The molecule has 1 atom stereocenters. The first kappa shape index (κ1) is 14.9. The zero-order chi connectivity index (χ0) is 13.7. The molecule has 0 aliphatic heterocycles. The van der Waals surface area contributed by atoms with E-state index < -0.39 is 0 Å². The molecule has 1 aromatic rings. The highest BCUT2D eigenvalue weighted by Crippen LogP contribution is 2.24. The van der Waals surface area contributed by atoms with Crippen LogP contribution in [-0.4, -0.2) is 16.5 Å². The standard InChI is InChI=1S/C15H27N3/c1-7-16-14-9-13(11(4)5)17-15(18-14)12(6)8-10(2)3/h9-12H,7-8H2,1-6H3,(H,16,17,18). The zero-order valence-corrected chi connectivity index (χ0v) is 12.6. The van der Waals surface area contributed by atoms with Gasteiger partial charge in [0.15, 0.2) is 0 Å². The van der Waals surface area contributed by atoms with E-state index >= 15 is 0 Å². The summed E-state index contributed by atoms with van der Waals surface area (Å²) in [6.45, 7) is 14.0. The first-order chi connectivity index (χ1) is 8.43. The highest BCUT2D eigenvalue weighted by atomic mass is 15.0. The maximum Gasteiger partial charge on any atom is 0.133 e. The first-order valence-electron chi connectivity index (χ1n) is 7.06. The normalized spacial score (nSPS) is 13.1. The van der Waals surface area contributed by atoms with E-state index in [9.17, 15) is 0 Å². The molecule has 1 N–H and O–H groups in total. The number of nitrogens with zero attached hydrogens (tertiary/aromatic N) is 2. The van der Waals surface area contributed by atoms with Crippen LogP contribution in [0.4, 0.5) is 5.82 Å². The molecule has 0 saturated heterocycles. The van der Waals surface area contributed by atoms with Crippen molar-refractivity contribution in [2.45, 2.75) is 59.8 Å². The van der Waals surface area contributed by atoms with Gasteiger partial charge in [-0.15, -0.1) is 0 Å². The summed E-state index contributed by atoms with van der Waals surface area (Å²) in [7, 11) is 0. The summed E-state index contributed by atoms with van der Waals surface area (Å²) in [4.78, 5) is 9.35. The van der Waals surface area contributed by atoms with E-state index in [1.54, 1.807) is 0 Å². The molecule has 1 unspecified atom stereocenters. The van der Waals surface area contributed by atoms with Crippen LogP contribution in [0.1, 0.15) is 71.3 Å². The molecule has 0 bridgehead atoms. The van der Waals surface area contributed by atoms with Crippen LogP contribution < -0.4 is 5.32 Å². The molecule has 18 heavy (non-hydrogen) atoms. The van der Waals surface area contributed by atoms with Gasteiger partial charge in [0.1, 0.15) is 11.6 Å². The van der Waals surface area contributed by atoms with Crippen molar-refractivity contribution in [3.63, 3.8) is 0 Å². The fraction of sp³-hybridized carbons (Fsp3) is 0.733. The van der Waals surface area contributed by atoms with Crippen LogP contribution in [0.5, 0.6) is 0 Å². The third-order valence-corrected chi connectivity index (χ3v) is 2.98. The molecular weight excluding hydrogens is 222 g/mol. The van der Waals surface area contributed by atoms with Crippen molar-refractivity contribution in [3.8, 4) is 0 Å². The molecule has 1 heterocycles. The highest BCUT2D eigenvalue weighted by molar-refractivity contribution is 5.37. The van der Waals surface area contributed by atoms with Crippen molar-refractivity contribution < 1.29 is 0 Å². The molecular formula is C15H27N3. The van der Waals surface area contributed by atoms with Gasteiger partial charge in [0, 0.05) is 24.2 Å². The topological polar surface area (TPSA) is 37.8 Å². The van der Waals surface area contributed by atoms with E-state index in [1.807, 2.05) is 0 Å². The van der Waals surface area contributed by atoms with Gasteiger partial charge < -0.3 is 5.32 Å². The van der Waals surface area contributed by atoms with Gasteiger partial charge in [0.05, 0.1) is 0 Å². The lowest BCUT2D eigenvalue weighted by atomic mass is 9.98. The summed E-state index contributed by atoms with van der Waals surface area (Å²) >= 11 is 0. The molecule has 1 rings (SSSR count). The molecule has 3 nitrogen and oxygen atoms in total. The summed E-state index contributed by atoms with van der Waals surface area (Å²) in [6, 6.07) is 2.07. The number of rotatable bonds is 6. The number of aromatic nitrogens is 2. The van der Waals surface area contributed by atoms with Crippen molar-refractivity contribution in [1.29, 1.82) is 0 Å². The van der Waals surface area contributed by atoms with Crippen molar-refractivity contribution in [2.24, 2.45) is 5.92 Å². The lowest BCUT2D eigenvalue weighted by Gasteiger charge is -2.16. The third kappa shape index (κ3) is 4.28. The zero-order valence-electron chi connectivity index (χ0n) is 12.6. The van der Waals surface area contributed by atoms with Gasteiger partial charge in [-0.05, 0) is 25.2 Å². The molecule has 0 saturated carbocycles.